The van der Waals surface area contributed by atoms with Gasteiger partial charge in [-0.1, -0.05) is 13.8 Å². The molecule has 3 rings (SSSR count). The molecule has 7 nitrogen and oxygen atoms in total. The summed E-state index contributed by atoms with van der Waals surface area (Å²) in [6.07, 6.45) is 3.93. The molecule has 0 bridgehead atoms. The maximum absolute atomic E-state index is 12.8. The van der Waals surface area contributed by atoms with Crippen LogP contribution in [0.4, 0.5) is 0 Å². The second-order valence-corrected chi connectivity index (χ2v) is 7.11. The molecule has 3 heterocycles. The van der Waals surface area contributed by atoms with E-state index < -0.39 is 0 Å². The van der Waals surface area contributed by atoms with Gasteiger partial charge in [0.1, 0.15) is 17.5 Å². The first kappa shape index (κ1) is 17.7. The van der Waals surface area contributed by atoms with E-state index in [2.05, 4.69) is 15.2 Å². The number of hydrogen-bond donors (Lipinski definition) is 1. The molecule has 1 aliphatic rings. The number of nitrogens with one attached hydrogen (secondary N) is 1. The molecule has 136 valence electrons. The average molecular weight is 346 g/mol. The highest BCUT2D eigenvalue weighted by Gasteiger charge is 2.23. The molecule has 2 aromatic rings. The number of nitrogens with zero attached hydrogens (tertiary/aromatic N) is 3. The summed E-state index contributed by atoms with van der Waals surface area (Å²) in [4.78, 5) is 31.9. The van der Waals surface area contributed by atoms with Crippen molar-refractivity contribution in [2.75, 3.05) is 26.2 Å². The van der Waals surface area contributed by atoms with Crippen LogP contribution in [0, 0.1) is 12.8 Å². The molecule has 1 aliphatic heterocycles. The Morgan fingerprint density at radius 2 is 2.08 bits per heavy atom. The average Bonchev–Trinajstić information content (AvgIpc) is 3.17. The van der Waals surface area contributed by atoms with Crippen LogP contribution < -0.4 is 10.9 Å². The van der Waals surface area contributed by atoms with Crippen LogP contribution in [0.5, 0.6) is 0 Å². The molecule has 0 aromatic carbocycles. The zero-order valence-corrected chi connectivity index (χ0v) is 15.2. The van der Waals surface area contributed by atoms with Crippen LogP contribution in [-0.2, 0) is 6.54 Å². The lowest BCUT2D eigenvalue weighted by Gasteiger charge is -2.14. The fraction of sp³-hybridized carbons (Fsp3) is 0.611. The van der Waals surface area contributed by atoms with Gasteiger partial charge in [-0.3, -0.25) is 14.2 Å². The molecule has 0 aliphatic carbocycles. The first-order valence-corrected chi connectivity index (χ1v) is 8.96. The highest BCUT2D eigenvalue weighted by molar-refractivity contribution is 6.06. The minimum Gasteiger partial charge on any atom is -0.442 e. The quantitative estimate of drug-likeness (QED) is 0.862. The number of fused-ring (bicyclic) bond motifs is 1. The van der Waals surface area contributed by atoms with Gasteiger partial charge in [-0.05, 0) is 38.8 Å². The van der Waals surface area contributed by atoms with Gasteiger partial charge in [-0.25, -0.2) is 4.98 Å². The molecule has 0 atom stereocenters. The molecule has 0 radical (unpaired) electrons. The van der Waals surface area contributed by atoms with Gasteiger partial charge in [0.15, 0.2) is 0 Å². The Balaban J connectivity index is 1.82. The maximum Gasteiger partial charge on any atom is 0.265 e. The van der Waals surface area contributed by atoms with Gasteiger partial charge in [0, 0.05) is 19.6 Å². The van der Waals surface area contributed by atoms with E-state index in [1.807, 2.05) is 13.8 Å². The van der Waals surface area contributed by atoms with Gasteiger partial charge in [-0.15, -0.1) is 0 Å². The second-order valence-electron chi connectivity index (χ2n) is 7.11. The van der Waals surface area contributed by atoms with Crippen molar-refractivity contribution in [3.05, 3.63) is 28.0 Å². The normalized spacial score (nSPS) is 15.4. The molecule has 0 spiro atoms. The van der Waals surface area contributed by atoms with Gasteiger partial charge in [0.05, 0.1) is 5.56 Å². The topological polar surface area (TPSA) is 80.4 Å². The number of carbonyl (C=O) groups is 1. The van der Waals surface area contributed by atoms with Crippen LogP contribution in [0.15, 0.2) is 15.5 Å². The minimum atomic E-state index is -0.267. The third-order valence-electron chi connectivity index (χ3n) is 4.56. The summed E-state index contributed by atoms with van der Waals surface area (Å²) in [5.74, 6) is 0.472. The molecular formula is C18H26N4O3. The van der Waals surface area contributed by atoms with E-state index in [9.17, 15) is 9.59 Å². The van der Waals surface area contributed by atoms with Crippen molar-refractivity contribution < 1.29 is 9.21 Å². The summed E-state index contributed by atoms with van der Waals surface area (Å²) < 4.78 is 7.09. The van der Waals surface area contributed by atoms with Gasteiger partial charge in [0.2, 0.25) is 5.71 Å². The predicted molar refractivity (Wildman–Crippen MR) is 95.9 cm³/mol. The molecule has 1 fully saturated rings. The number of carbonyl (C=O) groups excluding carboxylic acids is 1. The Morgan fingerprint density at radius 1 is 1.36 bits per heavy atom. The van der Waals surface area contributed by atoms with Gasteiger partial charge >= 0.3 is 0 Å². The minimum absolute atomic E-state index is 0.222. The van der Waals surface area contributed by atoms with E-state index in [0.29, 0.717) is 30.3 Å². The van der Waals surface area contributed by atoms with Crippen molar-refractivity contribution in [3.8, 4) is 0 Å². The van der Waals surface area contributed by atoms with Gasteiger partial charge < -0.3 is 14.6 Å². The van der Waals surface area contributed by atoms with Gasteiger partial charge in [-0.2, -0.15) is 0 Å². The van der Waals surface area contributed by atoms with E-state index in [4.69, 9.17) is 4.42 Å². The van der Waals surface area contributed by atoms with Crippen molar-refractivity contribution in [2.24, 2.45) is 5.92 Å². The Morgan fingerprint density at radius 3 is 2.76 bits per heavy atom. The lowest BCUT2D eigenvalue weighted by atomic mass is 10.1. The molecule has 7 heteroatoms. The van der Waals surface area contributed by atoms with E-state index in [1.165, 1.54) is 19.2 Å². The highest BCUT2D eigenvalue weighted by atomic mass is 16.3. The Kier molecular flexibility index (Phi) is 5.22. The van der Waals surface area contributed by atoms with Gasteiger partial charge in [0.25, 0.3) is 11.5 Å². The number of aryl methyl sites for hydroxylation is 1. The molecule has 1 amide bonds. The number of hydrogen-bond acceptors (Lipinski definition) is 5. The molecule has 2 aromatic heterocycles. The second kappa shape index (κ2) is 7.39. The lowest BCUT2D eigenvalue weighted by molar-refractivity contribution is 0.0949. The van der Waals surface area contributed by atoms with E-state index in [0.717, 1.165) is 19.6 Å². The third kappa shape index (κ3) is 3.76. The lowest BCUT2D eigenvalue weighted by Crippen LogP contribution is -2.34. The first-order valence-electron chi connectivity index (χ1n) is 8.96. The summed E-state index contributed by atoms with van der Waals surface area (Å²) in [6.45, 7) is 9.89. The largest absolute Gasteiger partial charge is 0.442 e. The molecule has 1 saturated heterocycles. The summed E-state index contributed by atoms with van der Waals surface area (Å²) in [6, 6.07) is 0. The van der Waals surface area contributed by atoms with Crippen molar-refractivity contribution >= 4 is 17.0 Å². The van der Waals surface area contributed by atoms with Crippen molar-refractivity contribution in [1.29, 1.82) is 0 Å². The number of furan rings is 1. The standard InChI is InChI=1S/C18H26N4O3/c1-12(2)10-22-11-20-17-15(18(22)24)14(13(3)25-17)16(23)19-6-9-21-7-4-5-8-21/h11-12H,4-10H2,1-3H3,(H,19,23). The molecule has 0 unspecified atom stereocenters. The van der Waals surface area contributed by atoms with Crippen LogP contribution in [0.1, 0.15) is 42.8 Å². The third-order valence-corrected chi connectivity index (χ3v) is 4.56. The van der Waals surface area contributed by atoms with E-state index in [1.54, 1.807) is 11.5 Å². The SMILES string of the molecule is Cc1oc2ncn(CC(C)C)c(=O)c2c1C(=O)NCCN1CCCC1. The van der Waals surface area contributed by atoms with Crippen LogP contribution in [0.25, 0.3) is 11.1 Å². The smallest absolute Gasteiger partial charge is 0.265 e. The fourth-order valence-electron chi connectivity index (χ4n) is 3.36. The van der Waals surface area contributed by atoms with Crippen LogP contribution in [-0.4, -0.2) is 46.5 Å². The number of aromatic nitrogens is 2. The van der Waals surface area contributed by atoms with Crippen molar-refractivity contribution in [1.82, 2.24) is 19.8 Å². The maximum atomic E-state index is 12.8. The van der Waals surface area contributed by atoms with E-state index in [-0.39, 0.29) is 22.6 Å². The zero-order chi connectivity index (χ0) is 18.0. The Bertz CT molecular complexity index is 816. The predicted octanol–water partition coefficient (Wildman–Crippen LogP) is 1.78. The monoisotopic (exact) mass is 346 g/mol. The zero-order valence-electron chi connectivity index (χ0n) is 15.2. The van der Waals surface area contributed by atoms with E-state index >= 15 is 0 Å². The molecule has 1 N–H and O–H groups in total. The number of likely N-dealkylation sites (tertiary alicyclic amines) is 1. The summed E-state index contributed by atoms with van der Waals surface area (Å²) in [5.41, 5.74) is 0.319. The molecule has 0 saturated carbocycles. The molecule has 25 heavy (non-hydrogen) atoms. The molecular weight excluding hydrogens is 320 g/mol. The number of amides is 1. The summed E-state index contributed by atoms with van der Waals surface area (Å²) >= 11 is 0. The Labute approximate surface area is 147 Å². The Hall–Kier alpha value is -2.15. The van der Waals surface area contributed by atoms with Crippen molar-refractivity contribution in [3.63, 3.8) is 0 Å². The summed E-state index contributed by atoms with van der Waals surface area (Å²) in [7, 11) is 0. The first-order chi connectivity index (χ1) is 12.0. The van der Waals surface area contributed by atoms with Crippen LogP contribution >= 0.6 is 0 Å². The van der Waals surface area contributed by atoms with Crippen LogP contribution in [0.3, 0.4) is 0 Å². The van der Waals surface area contributed by atoms with Crippen LogP contribution in [0.2, 0.25) is 0 Å². The summed E-state index contributed by atoms with van der Waals surface area (Å²) in [5, 5.41) is 3.19. The number of rotatable bonds is 6. The fourth-order valence-corrected chi connectivity index (χ4v) is 3.36. The van der Waals surface area contributed by atoms with Crippen molar-refractivity contribution in [2.45, 2.75) is 40.2 Å². The highest BCUT2D eigenvalue weighted by Crippen LogP contribution is 2.20.